The smallest absolute Gasteiger partial charge is 0.337 e. The van der Waals surface area contributed by atoms with Gasteiger partial charge >= 0.3 is 5.97 Å². The normalized spacial score (nSPS) is 10.4. The Morgan fingerprint density at radius 1 is 1.47 bits per heavy atom. The summed E-state index contributed by atoms with van der Waals surface area (Å²) in [6.45, 7) is 0.00134. The van der Waals surface area contributed by atoms with Gasteiger partial charge in [0.05, 0.1) is 24.7 Å². The zero-order valence-corrected chi connectivity index (χ0v) is 10.1. The number of benzene rings is 1. The van der Waals surface area contributed by atoms with Gasteiger partial charge in [0, 0.05) is 5.39 Å². The molecule has 2 aromatic rings. The van der Waals surface area contributed by atoms with Gasteiger partial charge in [0.2, 0.25) is 0 Å². The van der Waals surface area contributed by atoms with Crippen LogP contribution < -0.4 is 5.73 Å². The van der Waals surface area contributed by atoms with Gasteiger partial charge in [-0.05, 0) is 18.2 Å². The summed E-state index contributed by atoms with van der Waals surface area (Å²) in [6.07, 6.45) is 0.658. The molecule has 0 spiro atoms. The molecular formula is C12H11N3O4. The van der Waals surface area contributed by atoms with Crippen molar-refractivity contribution < 1.29 is 19.1 Å². The number of primary amides is 1. The number of esters is 1. The van der Waals surface area contributed by atoms with Crippen LogP contribution in [0.3, 0.4) is 0 Å². The third-order valence-corrected chi connectivity index (χ3v) is 2.65. The van der Waals surface area contributed by atoms with Crippen molar-refractivity contribution in [2.24, 2.45) is 5.73 Å². The van der Waals surface area contributed by atoms with E-state index in [1.807, 2.05) is 0 Å². The van der Waals surface area contributed by atoms with E-state index in [4.69, 9.17) is 5.73 Å². The number of amides is 1. The molecule has 0 radical (unpaired) electrons. The van der Waals surface area contributed by atoms with E-state index in [9.17, 15) is 14.4 Å². The van der Waals surface area contributed by atoms with Crippen LogP contribution in [0.4, 0.5) is 0 Å². The first-order valence-corrected chi connectivity index (χ1v) is 5.40. The van der Waals surface area contributed by atoms with Crippen molar-refractivity contribution in [2.45, 2.75) is 6.54 Å². The highest BCUT2D eigenvalue weighted by atomic mass is 16.5. The second-order valence-corrected chi connectivity index (χ2v) is 3.79. The number of aldehydes is 1. The Labute approximate surface area is 107 Å². The van der Waals surface area contributed by atoms with Gasteiger partial charge in [0.1, 0.15) is 6.29 Å². The molecule has 7 heteroatoms. The third kappa shape index (κ3) is 2.17. The number of carbonyl (C=O) groups excluding carboxylic acids is 3. The van der Waals surface area contributed by atoms with E-state index in [0.29, 0.717) is 17.2 Å². The molecule has 2 rings (SSSR count). The Balaban J connectivity index is 2.68. The minimum Gasteiger partial charge on any atom is -0.465 e. The van der Waals surface area contributed by atoms with Gasteiger partial charge in [-0.3, -0.25) is 9.48 Å². The molecule has 1 amide bonds. The van der Waals surface area contributed by atoms with E-state index >= 15 is 0 Å². The number of hydrogen-bond donors (Lipinski definition) is 1. The number of hydrogen-bond acceptors (Lipinski definition) is 5. The topological polar surface area (TPSA) is 104 Å². The minimum absolute atomic E-state index is 0.00134. The van der Waals surface area contributed by atoms with Crippen LogP contribution in [0.15, 0.2) is 18.2 Å². The summed E-state index contributed by atoms with van der Waals surface area (Å²) in [5, 5.41) is 4.38. The number of methoxy groups -OCH3 is 1. The van der Waals surface area contributed by atoms with Crippen molar-refractivity contribution >= 4 is 29.1 Å². The standard InChI is InChI=1S/C12H11N3O4/c1-19-12(18)7-2-3-9-8(6-7)10(11(13)17)14-15(9)4-5-16/h2-3,5-6H,4H2,1H3,(H2,13,17). The highest BCUT2D eigenvalue weighted by molar-refractivity contribution is 6.06. The Hall–Kier alpha value is -2.70. The zero-order valence-electron chi connectivity index (χ0n) is 10.1. The van der Waals surface area contributed by atoms with Crippen molar-refractivity contribution in [3.05, 3.63) is 29.5 Å². The number of fused-ring (bicyclic) bond motifs is 1. The summed E-state index contributed by atoms with van der Waals surface area (Å²) in [7, 11) is 1.26. The molecule has 2 N–H and O–H groups in total. The molecule has 7 nitrogen and oxygen atoms in total. The number of aromatic nitrogens is 2. The molecule has 19 heavy (non-hydrogen) atoms. The summed E-state index contributed by atoms with van der Waals surface area (Å²) in [4.78, 5) is 33.3. The number of ether oxygens (including phenoxy) is 1. The van der Waals surface area contributed by atoms with E-state index in [1.54, 1.807) is 6.07 Å². The van der Waals surface area contributed by atoms with Gasteiger partial charge in [-0.2, -0.15) is 5.10 Å². The van der Waals surface area contributed by atoms with Crippen molar-refractivity contribution in [1.82, 2.24) is 9.78 Å². The molecular weight excluding hydrogens is 250 g/mol. The fourth-order valence-electron chi connectivity index (χ4n) is 1.82. The molecule has 98 valence electrons. The molecule has 0 aliphatic rings. The first-order chi connectivity index (χ1) is 9.08. The zero-order chi connectivity index (χ0) is 14.0. The lowest BCUT2D eigenvalue weighted by molar-refractivity contribution is -0.108. The molecule has 1 aromatic carbocycles. The Morgan fingerprint density at radius 2 is 2.21 bits per heavy atom. The molecule has 0 unspecified atom stereocenters. The molecule has 1 aromatic heterocycles. The van der Waals surface area contributed by atoms with Crippen LogP contribution in [0.25, 0.3) is 10.9 Å². The highest BCUT2D eigenvalue weighted by Gasteiger charge is 2.17. The number of carbonyl (C=O) groups is 3. The predicted molar refractivity (Wildman–Crippen MR) is 65.7 cm³/mol. The van der Waals surface area contributed by atoms with Gasteiger partial charge in [0.15, 0.2) is 5.69 Å². The van der Waals surface area contributed by atoms with E-state index in [2.05, 4.69) is 9.84 Å². The lowest BCUT2D eigenvalue weighted by atomic mass is 10.1. The van der Waals surface area contributed by atoms with Crippen LogP contribution in [-0.4, -0.2) is 35.1 Å². The van der Waals surface area contributed by atoms with E-state index < -0.39 is 11.9 Å². The van der Waals surface area contributed by atoms with Crippen LogP contribution in [0, 0.1) is 0 Å². The molecule has 0 saturated carbocycles. The highest BCUT2D eigenvalue weighted by Crippen LogP contribution is 2.20. The summed E-state index contributed by atoms with van der Waals surface area (Å²) in [5.74, 6) is -1.25. The van der Waals surface area contributed by atoms with Crippen LogP contribution in [-0.2, 0) is 16.1 Å². The van der Waals surface area contributed by atoms with E-state index in [1.165, 1.54) is 23.9 Å². The molecule has 1 heterocycles. The first-order valence-electron chi connectivity index (χ1n) is 5.40. The average molecular weight is 261 g/mol. The van der Waals surface area contributed by atoms with Crippen molar-refractivity contribution in [3.8, 4) is 0 Å². The maximum atomic E-state index is 11.4. The predicted octanol–water partition coefficient (Wildman–Crippen LogP) is 0.121. The molecule has 0 aliphatic carbocycles. The summed E-state index contributed by atoms with van der Waals surface area (Å²) >= 11 is 0. The molecule has 0 atom stereocenters. The Bertz CT molecular complexity index is 675. The Morgan fingerprint density at radius 3 is 2.79 bits per heavy atom. The second-order valence-electron chi connectivity index (χ2n) is 3.79. The molecule has 0 saturated heterocycles. The lowest BCUT2D eigenvalue weighted by Gasteiger charge is -2.00. The number of nitrogens with two attached hydrogens (primary N) is 1. The first kappa shape index (κ1) is 12.7. The third-order valence-electron chi connectivity index (χ3n) is 2.65. The van der Waals surface area contributed by atoms with Crippen LogP contribution in [0.5, 0.6) is 0 Å². The largest absolute Gasteiger partial charge is 0.465 e. The quantitative estimate of drug-likeness (QED) is 0.621. The minimum atomic E-state index is -0.725. The summed E-state index contributed by atoms with van der Waals surface area (Å²) < 4.78 is 5.95. The molecule has 0 aliphatic heterocycles. The monoisotopic (exact) mass is 261 g/mol. The van der Waals surface area contributed by atoms with Gasteiger partial charge in [-0.25, -0.2) is 4.79 Å². The Kier molecular flexibility index (Phi) is 3.28. The maximum absolute atomic E-state index is 11.4. The van der Waals surface area contributed by atoms with Crippen LogP contribution >= 0.6 is 0 Å². The van der Waals surface area contributed by atoms with Gasteiger partial charge in [0.25, 0.3) is 5.91 Å². The van der Waals surface area contributed by atoms with Gasteiger partial charge in [-0.15, -0.1) is 0 Å². The lowest BCUT2D eigenvalue weighted by Crippen LogP contribution is -2.13. The summed E-state index contributed by atoms with van der Waals surface area (Å²) in [6, 6.07) is 4.59. The second kappa shape index (κ2) is 4.89. The number of nitrogens with zero attached hydrogens (tertiary/aromatic N) is 2. The fraction of sp³-hybridized carbons (Fsp3) is 0.167. The van der Waals surface area contributed by atoms with Crippen LogP contribution in [0.1, 0.15) is 20.8 Å². The maximum Gasteiger partial charge on any atom is 0.337 e. The van der Waals surface area contributed by atoms with Gasteiger partial charge in [-0.1, -0.05) is 0 Å². The van der Waals surface area contributed by atoms with Crippen LogP contribution in [0.2, 0.25) is 0 Å². The molecule has 0 fully saturated rings. The average Bonchev–Trinajstić information content (AvgIpc) is 2.76. The van der Waals surface area contributed by atoms with E-state index in [-0.39, 0.29) is 17.8 Å². The SMILES string of the molecule is COC(=O)c1ccc2c(c1)c(C(N)=O)nn2CC=O. The molecule has 0 bridgehead atoms. The van der Waals surface area contributed by atoms with E-state index in [0.717, 1.165) is 0 Å². The summed E-state index contributed by atoms with van der Waals surface area (Å²) in [5.41, 5.74) is 6.08. The van der Waals surface area contributed by atoms with Crippen molar-refractivity contribution in [2.75, 3.05) is 7.11 Å². The number of rotatable bonds is 4. The van der Waals surface area contributed by atoms with Crippen molar-refractivity contribution in [1.29, 1.82) is 0 Å². The van der Waals surface area contributed by atoms with Gasteiger partial charge < -0.3 is 15.3 Å². The fourth-order valence-corrected chi connectivity index (χ4v) is 1.82. The van der Waals surface area contributed by atoms with Crippen molar-refractivity contribution in [3.63, 3.8) is 0 Å².